The van der Waals surface area contributed by atoms with Gasteiger partial charge in [-0.15, -0.1) is 0 Å². The molecule has 1 saturated carbocycles. The molecule has 0 aromatic heterocycles. The molecule has 212 valence electrons. The highest BCUT2D eigenvalue weighted by molar-refractivity contribution is 7.92. The number of nitrogens with one attached hydrogen (secondary N) is 1. The number of hydrogen-bond acceptors (Lipinski definition) is 4. The molecule has 1 N–H and O–H groups in total. The maximum atomic E-state index is 14.1. The molecule has 3 aromatic carbocycles. The number of carbonyl (C=O) groups is 2. The third-order valence-corrected chi connectivity index (χ3v) is 9.44. The Morgan fingerprint density at radius 2 is 1.65 bits per heavy atom. The summed E-state index contributed by atoms with van der Waals surface area (Å²) in [6, 6.07) is 21.5. The van der Waals surface area contributed by atoms with E-state index in [-0.39, 0.29) is 23.4 Å². The lowest BCUT2D eigenvalue weighted by Gasteiger charge is -2.34. The summed E-state index contributed by atoms with van der Waals surface area (Å²) in [5.74, 6) is -0.725. The largest absolute Gasteiger partial charge is 0.352 e. The van der Waals surface area contributed by atoms with Crippen LogP contribution >= 0.6 is 11.6 Å². The molecular weight excluding hydrogens is 546 g/mol. The van der Waals surface area contributed by atoms with Crippen molar-refractivity contribution in [3.63, 3.8) is 0 Å². The molecule has 1 atom stereocenters. The number of hydrogen-bond donors (Lipinski definition) is 1. The van der Waals surface area contributed by atoms with E-state index >= 15 is 0 Å². The molecule has 9 heteroatoms. The predicted molar refractivity (Wildman–Crippen MR) is 159 cm³/mol. The summed E-state index contributed by atoms with van der Waals surface area (Å²) < 4.78 is 28.9. The average Bonchev–Trinajstić information content (AvgIpc) is 3.46. The fraction of sp³-hybridized carbons (Fsp3) is 0.355. The summed E-state index contributed by atoms with van der Waals surface area (Å²) in [4.78, 5) is 29.2. The molecule has 0 unspecified atom stereocenters. The van der Waals surface area contributed by atoms with Gasteiger partial charge in [-0.1, -0.05) is 79.9 Å². The van der Waals surface area contributed by atoms with Crippen molar-refractivity contribution in [2.75, 3.05) is 10.8 Å². The molecule has 4 rings (SSSR count). The van der Waals surface area contributed by atoms with Crippen LogP contribution in [0.4, 0.5) is 5.69 Å². The van der Waals surface area contributed by atoms with Crippen molar-refractivity contribution in [1.29, 1.82) is 0 Å². The zero-order valence-corrected chi connectivity index (χ0v) is 24.5. The second kappa shape index (κ2) is 13.3. The molecule has 1 aliphatic carbocycles. The molecule has 7 nitrogen and oxygen atoms in total. The van der Waals surface area contributed by atoms with E-state index in [2.05, 4.69) is 5.32 Å². The molecule has 1 fully saturated rings. The summed E-state index contributed by atoms with van der Waals surface area (Å²) in [7, 11) is -4.09. The minimum Gasteiger partial charge on any atom is -0.352 e. The van der Waals surface area contributed by atoms with E-state index in [1.54, 1.807) is 48.5 Å². The molecule has 0 spiro atoms. The van der Waals surface area contributed by atoms with E-state index in [0.29, 0.717) is 22.7 Å². The summed E-state index contributed by atoms with van der Waals surface area (Å²) in [5.41, 5.74) is 1.91. The van der Waals surface area contributed by atoms with Crippen molar-refractivity contribution in [1.82, 2.24) is 10.2 Å². The zero-order valence-electron chi connectivity index (χ0n) is 22.9. The second-order valence-corrected chi connectivity index (χ2v) is 12.5. The van der Waals surface area contributed by atoms with Crippen LogP contribution in [0.25, 0.3) is 0 Å². The Kier molecular flexibility index (Phi) is 9.87. The number of halogens is 1. The molecule has 0 saturated heterocycles. The Hall–Kier alpha value is -3.36. The molecule has 0 heterocycles. The monoisotopic (exact) mass is 581 g/mol. The number of amides is 2. The Labute approximate surface area is 242 Å². The quantitative estimate of drug-likeness (QED) is 0.314. The number of nitrogens with zero attached hydrogens (tertiary/aromatic N) is 2. The van der Waals surface area contributed by atoms with Crippen LogP contribution in [0.3, 0.4) is 0 Å². The molecule has 40 heavy (non-hydrogen) atoms. The number of carbonyl (C=O) groups excluding carboxylic acids is 2. The van der Waals surface area contributed by atoms with Crippen molar-refractivity contribution in [2.45, 2.75) is 69.5 Å². The maximum Gasteiger partial charge on any atom is 0.264 e. The first-order valence-electron chi connectivity index (χ1n) is 13.7. The lowest BCUT2D eigenvalue weighted by Crippen LogP contribution is -2.53. The number of anilines is 1. The van der Waals surface area contributed by atoms with Crippen molar-refractivity contribution in [2.24, 2.45) is 0 Å². The smallest absolute Gasteiger partial charge is 0.264 e. The van der Waals surface area contributed by atoms with Crippen LogP contribution in [-0.4, -0.2) is 43.8 Å². The fourth-order valence-corrected chi connectivity index (χ4v) is 6.75. The Morgan fingerprint density at radius 3 is 2.30 bits per heavy atom. The molecule has 0 bridgehead atoms. The highest BCUT2D eigenvalue weighted by Gasteiger charge is 2.34. The standard InChI is InChI=1S/C31H36ClN3O4S/c1-3-29(31(37)33-25-14-8-9-15-25)34(21-24-13-7-10-19-28(24)32)30(36)22-35(26-16-11-12-23(2)20-26)40(38,39)27-17-5-4-6-18-27/h4-7,10-13,16-20,25,29H,3,8-9,14-15,21-22H2,1-2H3,(H,33,37)/t29-/m0/s1. The fourth-order valence-electron chi connectivity index (χ4n) is 5.13. The normalized spacial score (nSPS) is 14.5. The number of rotatable bonds is 11. The maximum absolute atomic E-state index is 14.1. The molecule has 3 aromatic rings. The molecular formula is C31H36ClN3O4S. The Morgan fingerprint density at radius 1 is 0.975 bits per heavy atom. The van der Waals surface area contributed by atoms with Gasteiger partial charge in [0.15, 0.2) is 0 Å². The highest BCUT2D eigenvalue weighted by Crippen LogP contribution is 2.27. The van der Waals surface area contributed by atoms with Gasteiger partial charge in [-0.3, -0.25) is 13.9 Å². The minimum atomic E-state index is -4.09. The van der Waals surface area contributed by atoms with E-state index in [4.69, 9.17) is 11.6 Å². The van der Waals surface area contributed by atoms with Gasteiger partial charge in [0.1, 0.15) is 12.6 Å². The third kappa shape index (κ3) is 7.04. The Bertz CT molecular complexity index is 1430. The lowest BCUT2D eigenvalue weighted by molar-refractivity contribution is -0.140. The molecule has 0 aliphatic heterocycles. The van der Waals surface area contributed by atoms with E-state index in [1.165, 1.54) is 17.0 Å². The molecule has 2 amide bonds. The van der Waals surface area contributed by atoms with E-state index in [1.807, 2.05) is 32.0 Å². The van der Waals surface area contributed by atoms with Crippen LogP contribution in [0.15, 0.2) is 83.8 Å². The van der Waals surface area contributed by atoms with Gasteiger partial charge in [0.25, 0.3) is 10.0 Å². The summed E-state index contributed by atoms with van der Waals surface area (Å²) in [6.45, 7) is 3.31. The van der Waals surface area contributed by atoms with Gasteiger partial charge < -0.3 is 10.2 Å². The minimum absolute atomic E-state index is 0.0716. The predicted octanol–water partition coefficient (Wildman–Crippen LogP) is 5.71. The van der Waals surface area contributed by atoms with Crippen LogP contribution in [0, 0.1) is 6.92 Å². The van der Waals surface area contributed by atoms with E-state index in [9.17, 15) is 18.0 Å². The van der Waals surface area contributed by atoms with Gasteiger partial charge in [-0.25, -0.2) is 8.42 Å². The van der Waals surface area contributed by atoms with Crippen molar-refractivity contribution in [3.8, 4) is 0 Å². The summed E-state index contributed by atoms with van der Waals surface area (Å²) >= 11 is 6.46. The van der Waals surface area contributed by atoms with Crippen LogP contribution < -0.4 is 9.62 Å². The van der Waals surface area contributed by atoms with Gasteiger partial charge in [-0.2, -0.15) is 0 Å². The summed E-state index contributed by atoms with van der Waals surface area (Å²) in [6.07, 6.45) is 4.32. The Balaban J connectivity index is 1.71. The second-order valence-electron chi connectivity index (χ2n) is 10.2. The average molecular weight is 582 g/mol. The molecule has 0 radical (unpaired) electrons. The SMILES string of the molecule is CC[C@@H](C(=O)NC1CCCC1)N(Cc1ccccc1Cl)C(=O)CN(c1cccc(C)c1)S(=O)(=O)c1ccccc1. The molecule has 1 aliphatic rings. The van der Waals surface area contributed by atoms with Crippen LogP contribution in [-0.2, 0) is 26.2 Å². The van der Waals surface area contributed by atoms with Crippen LogP contribution in [0.5, 0.6) is 0 Å². The number of aryl methyl sites for hydroxylation is 1. The van der Waals surface area contributed by atoms with Gasteiger partial charge in [0, 0.05) is 17.6 Å². The summed E-state index contributed by atoms with van der Waals surface area (Å²) in [5, 5.41) is 3.59. The van der Waals surface area contributed by atoms with Gasteiger partial charge in [0.05, 0.1) is 10.6 Å². The first-order chi connectivity index (χ1) is 19.2. The third-order valence-electron chi connectivity index (χ3n) is 7.29. The number of benzene rings is 3. The van der Waals surface area contributed by atoms with Crippen LogP contribution in [0.1, 0.15) is 50.2 Å². The number of sulfonamides is 1. The van der Waals surface area contributed by atoms with E-state index in [0.717, 1.165) is 35.6 Å². The van der Waals surface area contributed by atoms with Crippen molar-refractivity contribution < 1.29 is 18.0 Å². The zero-order chi connectivity index (χ0) is 28.7. The first-order valence-corrected chi connectivity index (χ1v) is 15.5. The van der Waals surface area contributed by atoms with Gasteiger partial charge in [-0.05, 0) is 67.6 Å². The van der Waals surface area contributed by atoms with Crippen LogP contribution in [0.2, 0.25) is 5.02 Å². The first kappa shape index (κ1) is 29.6. The lowest BCUT2D eigenvalue weighted by atomic mass is 10.1. The van der Waals surface area contributed by atoms with Crippen molar-refractivity contribution >= 4 is 39.1 Å². The highest BCUT2D eigenvalue weighted by atomic mass is 35.5. The van der Waals surface area contributed by atoms with Crippen molar-refractivity contribution in [3.05, 3.63) is 95.0 Å². The van der Waals surface area contributed by atoms with Gasteiger partial charge in [0.2, 0.25) is 11.8 Å². The van der Waals surface area contributed by atoms with E-state index < -0.39 is 28.5 Å². The topological polar surface area (TPSA) is 86.8 Å². The van der Waals surface area contributed by atoms with Gasteiger partial charge >= 0.3 is 0 Å².